The summed E-state index contributed by atoms with van der Waals surface area (Å²) in [6.45, 7) is 4.66. The van der Waals surface area contributed by atoms with Gasteiger partial charge in [-0.25, -0.2) is 4.68 Å². The van der Waals surface area contributed by atoms with Crippen LogP contribution >= 0.6 is 0 Å². The molecule has 0 aliphatic heterocycles. The van der Waals surface area contributed by atoms with E-state index in [0.717, 1.165) is 12.0 Å². The summed E-state index contributed by atoms with van der Waals surface area (Å²) in [7, 11) is 0. The Kier molecular flexibility index (Phi) is 5.96. The minimum absolute atomic E-state index is 0.0184. The van der Waals surface area contributed by atoms with Crippen LogP contribution in [0.3, 0.4) is 0 Å². The molecule has 0 aliphatic carbocycles. The van der Waals surface area contributed by atoms with Gasteiger partial charge in [0.05, 0.1) is 6.42 Å². The van der Waals surface area contributed by atoms with Gasteiger partial charge in [0.15, 0.2) is 18.2 Å². The smallest absolute Gasteiger partial charge is 0.306 e. The van der Waals surface area contributed by atoms with Gasteiger partial charge >= 0.3 is 5.97 Å². The van der Waals surface area contributed by atoms with Crippen molar-refractivity contribution in [3.8, 4) is 0 Å². The van der Waals surface area contributed by atoms with Crippen LogP contribution in [-0.2, 0) is 22.7 Å². The van der Waals surface area contributed by atoms with Gasteiger partial charge in [-0.3, -0.25) is 9.59 Å². The van der Waals surface area contributed by atoms with Crippen molar-refractivity contribution in [1.29, 1.82) is 0 Å². The standard InChI is InChI=1S/C16H20N4O3/c1-3-10-20-15(17-18-19-20)11-23-16(22)9-8-14(21)13-6-4-12(2)5-7-13/h4-7H,3,8-11H2,1-2H3. The molecule has 2 aromatic rings. The molecule has 0 amide bonds. The number of aryl methyl sites for hydroxylation is 2. The molecule has 0 saturated carbocycles. The molecule has 1 aromatic carbocycles. The molecule has 122 valence electrons. The summed E-state index contributed by atoms with van der Waals surface area (Å²) in [6, 6.07) is 7.28. The van der Waals surface area contributed by atoms with Crippen LogP contribution in [0.4, 0.5) is 0 Å². The molecule has 23 heavy (non-hydrogen) atoms. The maximum atomic E-state index is 12.0. The number of aromatic nitrogens is 4. The van der Waals surface area contributed by atoms with E-state index in [1.165, 1.54) is 0 Å². The summed E-state index contributed by atoms with van der Waals surface area (Å²) >= 11 is 0. The fourth-order valence-electron chi connectivity index (χ4n) is 2.03. The minimum atomic E-state index is -0.434. The highest BCUT2D eigenvalue weighted by Crippen LogP contribution is 2.08. The zero-order valence-corrected chi connectivity index (χ0v) is 13.4. The normalized spacial score (nSPS) is 10.5. The lowest BCUT2D eigenvalue weighted by atomic mass is 10.1. The Morgan fingerprint density at radius 3 is 2.61 bits per heavy atom. The predicted molar refractivity (Wildman–Crippen MR) is 82.6 cm³/mol. The van der Waals surface area contributed by atoms with Crippen LogP contribution in [0.5, 0.6) is 0 Å². The van der Waals surface area contributed by atoms with Crippen molar-refractivity contribution in [1.82, 2.24) is 20.2 Å². The average molecular weight is 316 g/mol. The molecule has 1 heterocycles. The molecule has 0 saturated heterocycles. The molecule has 0 fully saturated rings. The fourth-order valence-corrected chi connectivity index (χ4v) is 2.03. The highest BCUT2D eigenvalue weighted by molar-refractivity contribution is 5.97. The Hall–Kier alpha value is -2.57. The lowest BCUT2D eigenvalue weighted by Crippen LogP contribution is -2.12. The first-order valence-electron chi connectivity index (χ1n) is 7.60. The van der Waals surface area contributed by atoms with Crippen LogP contribution in [0.25, 0.3) is 0 Å². The number of nitrogens with zero attached hydrogens (tertiary/aromatic N) is 4. The van der Waals surface area contributed by atoms with Crippen LogP contribution in [0.1, 0.15) is 47.9 Å². The highest BCUT2D eigenvalue weighted by Gasteiger charge is 2.12. The number of carbonyl (C=O) groups is 2. The molecule has 0 atom stereocenters. The maximum Gasteiger partial charge on any atom is 0.306 e. The van der Waals surface area contributed by atoms with Crippen molar-refractivity contribution in [2.75, 3.05) is 0 Å². The summed E-state index contributed by atoms with van der Waals surface area (Å²) in [6.07, 6.45) is 1.06. The monoisotopic (exact) mass is 316 g/mol. The van der Waals surface area contributed by atoms with E-state index in [1.54, 1.807) is 16.8 Å². The van der Waals surface area contributed by atoms with Gasteiger partial charge in [-0.05, 0) is 23.8 Å². The lowest BCUT2D eigenvalue weighted by molar-refractivity contribution is -0.145. The zero-order valence-electron chi connectivity index (χ0n) is 13.4. The summed E-state index contributed by atoms with van der Waals surface area (Å²) in [5.41, 5.74) is 1.70. The van der Waals surface area contributed by atoms with Crippen molar-refractivity contribution in [2.24, 2.45) is 0 Å². The van der Waals surface area contributed by atoms with Crippen LogP contribution in [0.15, 0.2) is 24.3 Å². The maximum absolute atomic E-state index is 12.0. The van der Waals surface area contributed by atoms with E-state index < -0.39 is 5.97 Å². The van der Waals surface area contributed by atoms with Crippen molar-refractivity contribution >= 4 is 11.8 Å². The van der Waals surface area contributed by atoms with Gasteiger partial charge in [0, 0.05) is 18.5 Å². The number of Topliss-reactive ketones (excluding diaryl/α,β-unsaturated/α-hetero) is 1. The van der Waals surface area contributed by atoms with E-state index in [1.807, 2.05) is 26.0 Å². The number of hydrogen-bond donors (Lipinski definition) is 0. The van der Waals surface area contributed by atoms with Gasteiger partial charge in [-0.15, -0.1) is 5.10 Å². The Morgan fingerprint density at radius 1 is 1.17 bits per heavy atom. The van der Waals surface area contributed by atoms with Gasteiger partial charge in [0.2, 0.25) is 0 Å². The first-order valence-corrected chi connectivity index (χ1v) is 7.60. The van der Waals surface area contributed by atoms with E-state index in [4.69, 9.17) is 4.74 Å². The fraction of sp³-hybridized carbons (Fsp3) is 0.438. The Bertz CT molecular complexity index is 664. The van der Waals surface area contributed by atoms with E-state index in [0.29, 0.717) is 17.9 Å². The van der Waals surface area contributed by atoms with Gasteiger partial charge in [-0.1, -0.05) is 36.8 Å². The molecular formula is C16H20N4O3. The highest BCUT2D eigenvalue weighted by atomic mass is 16.5. The molecule has 7 heteroatoms. The summed E-state index contributed by atoms with van der Waals surface area (Å²) in [5.74, 6) is -0.000613. The topological polar surface area (TPSA) is 87.0 Å². The average Bonchev–Trinajstić information content (AvgIpc) is 2.99. The summed E-state index contributed by atoms with van der Waals surface area (Å²) in [4.78, 5) is 23.7. The molecule has 2 rings (SSSR count). The quantitative estimate of drug-likeness (QED) is 0.547. The molecule has 0 bridgehead atoms. The van der Waals surface area contributed by atoms with Crippen molar-refractivity contribution in [3.05, 3.63) is 41.2 Å². The van der Waals surface area contributed by atoms with Crippen molar-refractivity contribution < 1.29 is 14.3 Å². The van der Waals surface area contributed by atoms with E-state index >= 15 is 0 Å². The number of ketones is 1. The first-order chi connectivity index (χ1) is 11.1. The Morgan fingerprint density at radius 2 is 1.91 bits per heavy atom. The second kappa shape index (κ2) is 8.17. The number of hydrogen-bond acceptors (Lipinski definition) is 6. The molecule has 1 aromatic heterocycles. The molecule has 0 radical (unpaired) electrons. The molecule has 7 nitrogen and oxygen atoms in total. The van der Waals surface area contributed by atoms with Gasteiger partial charge in [0.1, 0.15) is 0 Å². The number of benzene rings is 1. The molecule has 0 unspecified atom stereocenters. The number of rotatable bonds is 8. The third kappa shape index (κ3) is 4.98. The number of carbonyl (C=O) groups excluding carboxylic acids is 2. The minimum Gasteiger partial charge on any atom is -0.457 e. The largest absolute Gasteiger partial charge is 0.457 e. The molecule has 0 aliphatic rings. The van der Waals surface area contributed by atoms with Gasteiger partial charge in [-0.2, -0.15) is 0 Å². The number of esters is 1. The van der Waals surface area contributed by atoms with E-state index in [-0.39, 0.29) is 25.2 Å². The van der Waals surface area contributed by atoms with Crippen LogP contribution in [0.2, 0.25) is 0 Å². The lowest BCUT2D eigenvalue weighted by Gasteiger charge is -2.05. The van der Waals surface area contributed by atoms with Crippen LogP contribution in [-0.4, -0.2) is 32.0 Å². The van der Waals surface area contributed by atoms with Gasteiger partial charge < -0.3 is 4.74 Å². The predicted octanol–water partition coefficient (Wildman–Crippen LogP) is 2.10. The van der Waals surface area contributed by atoms with Crippen LogP contribution < -0.4 is 0 Å². The molecular weight excluding hydrogens is 296 g/mol. The SMILES string of the molecule is CCCn1nnnc1COC(=O)CCC(=O)c1ccc(C)cc1. The van der Waals surface area contributed by atoms with Gasteiger partial charge in [0.25, 0.3) is 0 Å². The Balaban J connectivity index is 1.77. The third-order valence-electron chi connectivity index (χ3n) is 3.33. The number of tetrazole rings is 1. The second-order valence-electron chi connectivity index (χ2n) is 5.27. The second-order valence-corrected chi connectivity index (χ2v) is 5.27. The summed E-state index contributed by atoms with van der Waals surface area (Å²) in [5, 5.41) is 11.2. The zero-order chi connectivity index (χ0) is 16.7. The summed E-state index contributed by atoms with van der Waals surface area (Å²) < 4.78 is 6.73. The van der Waals surface area contributed by atoms with E-state index in [2.05, 4.69) is 15.5 Å². The molecule has 0 spiro atoms. The van der Waals surface area contributed by atoms with Crippen LogP contribution in [0, 0.1) is 6.92 Å². The number of ether oxygens (including phenoxy) is 1. The van der Waals surface area contributed by atoms with E-state index in [9.17, 15) is 9.59 Å². The van der Waals surface area contributed by atoms with Crippen molar-refractivity contribution in [3.63, 3.8) is 0 Å². The first kappa shape index (κ1) is 16.8. The third-order valence-corrected chi connectivity index (χ3v) is 3.33. The van der Waals surface area contributed by atoms with Crippen molar-refractivity contribution in [2.45, 2.75) is 46.3 Å². The molecule has 0 N–H and O–H groups in total. The Labute approximate surface area is 134 Å².